The van der Waals surface area contributed by atoms with Crippen molar-refractivity contribution < 1.29 is 5.11 Å². The van der Waals surface area contributed by atoms with E-state index in [0.717, 1.165) is 6.42 Å². The van der Waals surface area contributed by atoms with Crippen LogP contribution in [0.3, 0.4) is 0 Å². The fourth-order valence-electron chi connectivity index (χ4n) is 0.917. The molecule has 1 atom stereocenters. The smallest absolute Gasteiger partial charge is 0.0459 e. The normalized spacial score (nSPS) is 12.3. The predicted molar refractivity (Wildman–Crippen MR) is 46.1 cm³/mol. The zero-order valence-corrected chi connectivity index (χ0v) is 8.68. The summed E-state index contributed by atoms with van der Waals surface area (Å²) in [5.74, 6) is 0.560. The van der Waals surface area contributed by atoms with Gasteiger partial charge >= 0.3 is 0 Å². The van der Waals surface area contributed by atoms with E-state index in [9.17, 15) is 0 Å². The standard InChI is InChI=1S/C8H18O.Mg/c1-3-5-6-8(4-2)7-9;/h8-9H,3-7H2,1-2H3;. The van der Waals surface area contributed by atoms with Gasteiger partial charge in [-0.1, -0.05) is 33.1 Å². The minimum atomic E-state index is 0. The van der Waals surface area contributed by atoms with Crippen LogP contribution in [-0.2, 0) is 0 Å². The molecule has 0 aliphatic heterocycles. The molecule has 1 N–H and O–H groups in total. The topological polar surface area (TPSA) is 20.2 Å². The molecule has 2 heteroatoms. The average Bonchev–Trinajstić information content (AvgIpc) is 1.91. The highest BCUT2D eigenvalue weighted by molar-refractivity contribution is 5.75. The van der Waals surface area contributed by atoms with Gasteiger partial charge in [-0.05, 0) is 12.3 Å². The Morgan fingerprint density at radius 2 is 1.90 bits per heavy atom. The lowest BCUT2D eigenvalue weighted by Gasteiger charge is -2.08. The number of unbranched alkanes of at least 4 members (excludes halogenated alkanes) is 1. The third kappa shape index (κ3) is 6.84. The molecule has 0 aromatic carbocycles. The van der Waals surface area contributed by atoms with E-state index < -0.39 is 0 Å². The monoisotopic (exact) mass is 154 g/mol. The summed E-state index contributed by atoms with van der Waals surface area (Å²) in [7, 11) is 0. The molecule has 1 unspecified atom stereocenters. The lowest BCUT2D eigenvalue weighted by atomic mass is 10.0. The van der Waals surface area contributed by atoms with E-state index in [1.165, 1.54) is 19.3 Å². The Labute approximate surface area is 80.4 Å². The van der Waals surface area contributed by atoms with Gasteiger partial charge in [0.1, 0.15) is 0 Å². The van der Waals surface area contributed by atoms with E-state index in [1.807, 2.05) is 0 Å². The molecule has 0 amide bonds. The van der Waals surface area contributed by atoms with Gasteiger partial charge in [-0.2, -0.15) is 0 Å². The van der Waals surface area contributed by atoms with Crippen LogP contribution in [0.1, 0.15) is 39.5 Å². The van der Waals surface area contributed by atoms with Gasteiger partial charge in [-0.3, -0.25) is 0 Å². The van der Waals surface area contributed by atoms with Crippen LogP contribution in [-0.4, -0.2) is 34.8 Å². The second-order valence-corrected chi connectivity index (χ2v) is 2.60. The first-order chi connectivity index (χ1) is 4.35. The SMILES string of the molecule is CCCCC(CC)CO.[Mg]. The van der Waals surface area contributed by atoms with Gasteiger partial charge in [0.15, 0.2) is 0 Å². The summed E-state index contributed by atoms with van der Waals surface area (Å²) in [5, 5.41) is 8.75. The van der Waals surface area contributed by atoms with Gasteiger partial charge < -0.3 is 5.11 Å². The van der Waals surface area contributed by atoms with E-state index in [0.29, 0.717) is 12.5 Å². The maximum Gasteiger partial charge on any atom is 0.0459 e. The Morgan fingerprint density at radius 1 is 1.30 bits per heavy atom. The largest absolute Gasteiger partial charge is 0.396 e. The molecule has 0 heterocycles. The zero-order chi connectivity index (χ0) is 7.11. The summed E-state index contributed by atoms with van der Waals surface area (Å²) in [6.45, 7) is 4.69. The van der Waals surface area contributed by atoms with Crippen LogP contribution in [0, 0.1) is 5.92 Å². The number of aliphatic hydroxyl groups excluding tert-OH is 1. The van der Waals surface area contributed by atoms with Crippen molar-refractivity contribution in [1.29, 1.82) is 0 Å². The van der Waals surface area contributed by atoms with Crippen molar-refractivity contribution >= 4 is 23.1 Å². The van der Waals surface area contributed by atoms with Crippen molar-refractivity contribution in [1.82, 2.24) is 0 Å². The molecule has 0 rings (SSSR count). The van der Waals surface area contributed by atoms with Crippen molar-refractivity contribution in [2.24, 2.45) is 5.92 Å². The molecule has 58 valence electrons. The van der Waals surface area contributed by atoms with Crippen molar-refractivity contribution in [2.45, 2.75) is 39.5 Å². The van der Waals surface area contributed by atoms with Gasteiger partial charge in [0.05, 0.1) is 0 Å². The molecule has 10 heavy (non-hydrogen) atoms. The predicted octanol–water partition coefficient (Wildman–Crippen LogP) is 1.81. The third-order valence-electron chi connectivity index (χ3n) is 1.80. The van der Waals surface area contributed by atoms with Gasteiger partial charge in [-0.15, -0.1) is 0 Å². The molecule has 0 bridgehead atoms. The van der Waals surface area contributed by atoms with Gasteiger partial charge in [0.25, 0.3) is 0 Å². The second-order valence-electron chi connectivity index (χ2n) is 2.60. The van der Waals surface area contributed by atoms with Gasteiger partial charge in [0, 0.05) is 29.7 Å². The maximum absolute atomic E-state index is 8.75. The molecule has 0 aliphatic carbocycles. The molecule has 0 saturated heterocycles. The van der Waals surface area contributed by atoms with Crippen molar-refractivity contribution in [2.75, 3.05) is 6.61 Å². The number of hydrogen-bond donors (Lipinski definition) is 1. The highest BCUT2D eigenvalue weighted by Gasteiger charge is 2.01. The van der Waals surface area contributed by atoms with E-state index in [-0.39, 0.29) is 23.1 Å². The lowest BCUT2D eigenvalue weighted by Crippen LogP contribution is -2.03. The summed E-state index contributed by atoms with van der Waals surface area (Å²) in [6.07, 6.45) is 4.83. The molecule has 0 aliphatic rings. The highest BCUT2D eigenvalue weighted by atomic mass is 24.3. The number of rotatable bonds is 5. The zero-order valence-electron chi connectivity index (χ0n) is 7.27. The Hall–Kier alpha value is 0.726. The average molecular weight is 155 g/mol. The van der Waals surface area contributed by atoms with Crippen LogP contribution in [0.4, 0.5) is 0 Å². The maximum atomic E-state index is 8.75. The first-order valence-electron chi connectivity index (χ1n) is 3.96. The minimum Gasteiger partial charge on any atom is -0.396 e. The molecule has 0 fully saturated rings. The molecular formula is C8H18MgO. The first-order valence-corrected chi connectivity index (χ1v) is 3.96. The Balaban J connectivity index is 0. The molecule has 0 aromatic rings. The molecule has 0 aromatic heterocycles. The summed E-state index contributed by atoms with van der Waals surface area (Å²) >= 11 is 0. The van der Waals surface area contributed by atoms with Gasteiger partial charge in [-0.25, -0.2) is 0 Å². The summed E-state index contributed by atoms with van der Waals surface area (Å²) in [4.78, 5) is 0. The Morgan fingerprint density at radius 3 is 2.20 bits per heavy atom. The Kier molecular flexibility index (Phi) is 13.0. The quantitative estimate of drug-likeness (QED) is 0.599. The molecule has 0 saturated carbocycles. The third-order valence-corrected chi connectivity index (χ3v) is 1.80. The molecular weight excluding hydrogens is 136 g/mol. The number of hydrogen-bond acceptors (Lipinski definition) is 1. The summed E-state index contributed by atoms with van der Waals surface area (Å²) in [5.41, 5.74) is 0. The van der Waals surface area contributed by atoms with E-state index >= 15 is 0 Å². The van der Waals surface area contributed by atoms with E-state index in [2.05, 4.69) is 13.8 Å². The van der Waals surface area contributed by atoms with Crippen LogP contribution in [0.2, 0.25) is 0 Å². The van der Waals surface area contributed by atoms with Crippen LogP contribution >= 0.6 is 0 Å². The summed E-state index contributed by atoms with van der Waals surface area (Å²) < 4.78 is 0. The van der Waals surface area contributed by atoms with E-state index in [4.69, 9.17) is 5.11 Å². The van der Waals surface area contributed by atoms with Crippen molar-refractivity contribution in [3.05, 3.63) is 0 Å². The lowest BCUT2D eigenvalue weighted by molar-refractivity contribution is 0.212. The summed E-state index contributed by atoms with van der Waals surface area (Å²) in [6, 6.07) is 0. The fourth-order valence-corrected chi connectivity index (χ4v) is 0.917. The first kappa shape index (κ1) is 13.3. The highest BCUT2D eigenvalue weighted by Crippen LogP contribution is 2.10. The van der Waals surface area contributed by atoms with Crippen LogP contribution in [0.25, 0.3) is 0 Å². The fraction of sp³-hybridized carbons (Fsp3) is 1.00. The van der Waals surface area contributed by atoms with Crippen LogP contribution in [0.15, 0.2) is 0 Å². The van der Waals surface area contributed by atoms with Crippen molar-refractivity contribution in [3.63, 3.8) is 0 Å². The van der Waals surface area contributed by atoms with E-state index in [1.54, 1.807) is 0 Å². The molecule has 0 spiro atoms. The number of aliphatic hydroxyl groups is 1. The Bertz CT molecular complexity index is 53.2. The van der Waals surface area contributed by atoms with Crippen LogP contribution < -0.4 is 0 Å². The van der Waals surface area contributed by atoms with Gasteiger partial charge in [0.2, 0.25) is 0 Å². The van der Waals surface area contributed by atoms with Crippen LogP contribution in [0.5, 0.6) is 0 Å². The molecule has 1 nitrogen and oxygen atoms in total. The van der Waals surface area contributed by atoms with Crippen molar-refractivity contribution in [3.8, 4) is 0 Å². The minimum absolute atomic E-state index is 0. The molecule has 2 radical (unpaired) electrons. The second kappa shape index (κ2) is 9.73.